The van der Waals surface area contributed by atoms with Gasteiger partial charge in [0.15, 0.2) is 0 Å². The Bertz CT molecular complexity index is 430. The van der Waals surface area contributed by atoms with E-state index in [0.29, 0.717) is 6.04 Å². The largest absolute Gasteiger partial charge is 0.341 e. The third-order valence-corrected chi connectivity index (χ3v) is 3.66. The van der Waals surface area contributed by atoms with Crippen LogP contribution in [0.15, 0.2) is 16.9 Å². The van der Waals surface area contributed by atoms with Crippen molar-refractivity contribution in [3.8, 4) is 0 Å². The molecule has 1 saturated heterocycles. The molecule has 0 spiro atoms. The van der Waals surface area contributed by atoms with Crippen molar-refractivity contribution in [2.45, 2.75) is 38.3 Å². The predicted octanol–water partition coefficient (Wildman–Crippen LogP) is 1.55. The van der Waals surface area contributed by atoms with E-state index in [4.69, 9.17) is 5.73 Å². The van der Waals surface area contributed by atoms with Crippen molar-refractivity contribution in [3.63, 3.8) is 0 Å². The van der Waals surface area contributed by atoms with Crippen molar-refractivity contribution in [2.24, 2.45) is 5.73 Å². The number of likely N-dealkylation sites (tertiary alicyclic amines) is 1. The van der Waals surface area contributed by atoms with E-state index in [1.54, 1.807) is 20.0 Å². The number of piperidine rings is 1. The van der Waals surface area contributed by atoms with Gasteiger partial charge in [0.05, 0.1) is 22.3 Å². The maximum absolute atomic E-state index is 12.0. The van der Waals surface area contributed by atoms with Crippen LogP contribution in [0, 0.1) is 0 Å². The van der Waals surface area contributed by atoms with Crippen LogP contribution in [0.2, 0.25) is 0 Å². The summed E-state index contributed by atoms with van der Waals surface area (Å²) in [6.45, 7) is 5.02. The van der Waals surface area contributed by atoms with Crippen LogP contribution in [-0.2, 0) is 4.79 Å². The second kappa shape index (κ2) is 5.01. The van der Waals surface area contributed by atoms with Gasteiger partial charge >= 0.3 is 0 Å². The summed E-state index contributed by atoms with van der Waals surface area (Å²) < 4.78 is 2.96. The molecule has 2 rings (SSSR count). The maximum Gasteiger partial charge on any atom is 0.242 e. The molecule has 6 heteroatoms. The zero-order valence-corrected chi connectivity index (χ0v) is 12.4. The van der Waals surface area contributed by atoms with Crippen LogP contribution in [0.4, 0.5) is 0 Å². The highest BCUT2D eigenvalue weighted by Crippen LogP contribution is 2.24. The number of halogens is 1. The van der Waals surface area contributed by atoms with Crippen LogP contribution in [0.25, 0.3) is 0 Å². The Morgan fingerprint density at radius 3 is 2.56 bits per heavy atom. The topological polar surface area (TPSA) is 64.2 Å². The zero-order chi connectivity index (χ0) is 13.3. The average Bonchev–Trinajstić information content (AvgIpc) is 2.74. The molecule has 1 aliphatic heterocycles. The average molecular weight is 315 g/mol. The van der Waals surface area contributed by atoms with Crippen molar-refractivity contribution in [3.05, 3.63) is 16.9 Å². The van der Waals surface area contributed by atoms with Gasteiger partial charge in [-0.1, -0.05) is 0 Å². The third-order valence-electron chi connectivity index (χ3n) is 3.25. The number of amides is 1. The Balaban J connectivity index is 1.94. The molecule has 100 valence electrons. The number of aromatic nitrogens is 2. The highest BCUT2D eigenvalue weighted by atomic mass is 79.9. The number of hydrogen-bond acceptors (Lipinski definition) is 3. The number of carbonyl (C=O) groups is 1. The number of hydrogen-bond donors (Lipinski definition) is 1. The van der Waals surface area contributed by atoms with Gasteiger partial charge in [0, 0.05) is 19.3 Å². The molecule has 0 bridgehead atoms. The molecule has 0 unspecified atom stereocenters. The summed E-state index contributed by atoms with van der Waals surface area (Å²) in [5.74, 6) is 0.0302. The molecule has 1 fully saturated rings. The van der Waals surface area contributed by atoms with Crippen LogP contribution in [0.5, 0.6) is 0 Å². The lowest BCUT2D eigenvalue weighted by Crippen LogP contribution is -2.53. The quantitative estimate of drug-likeness (QED) is 0.900. The smallest absolute Gasteiger partial charge is 0.242 e. The maximum atomic E-state index is 12.0. The first-order chi connectivity index (χ1) is 8.38. The Hall–Kier alpha value is -0.880. The second-order valence-corrected chi connectivity index (χ2v) is 6.30. The summed E-state index contributed by atoms with van der Waals surface area (Å²) in [6.07, 6.45) is 5.63. The summed E-state index contributed by atoms with van der Waals surface area (Å²) in [6, 6.07) is 0.376. The van der Waals surface area contributed by atoms with E-state index in [9.17, 15) is 4.79 Å². The number of nitrogens with two attached hydrogens (primary N) is 1. The van der Waals surface area contributed by atoms with Gasteiger partial charge in [-0.05, 0) is 42.6 Å². The van der Waals surface area contributed by atoms with Gasteiger partial charge < -0.3 is 10.6 Å². The van der Waals surface area contributed by atoms with Gasteiger partial charge in [0.2, 0.25) is 5.91 Å². The van der Waals surface area contributed by atoms with E-state index < -0.39 is 5.54 Å². The fourth-order valence-electron chi connectivity index (χ4n) is 2.26. The third kappa shape index (κ3) is 2.92. The van der Waals surface area contributed by atoms with Crippen LogP contribution < -0.4 is 5.73 Å². The summed E-state index contributed by atoms with van der Waals surface area (Å²) in [5, 5.41) is 4.30. The molecule has 0 saturated carbocycles. The molecule has 0 atom stereocenters. The van der Waals surface area contributed by atoms with E-state index in [0.717, 1.165) is 30.4 Å². The SMILES string of the molecule is CC(C)(N)C(=O)N1CCC(n2cc(Br)cn2)CC1. The molecule has 1 aliphatic rings. The lowest BCUT2D eigenvalue weighted by atomic mass is 10.0. The van der Waals surface area contributed by atoms with E-state index in [2.05, 4.69) is 21.0 Å². The van der Waals surface area contributed by atoms with Gasteiger partial charge in [-0.2, -0.15) is 5.10 Å². The van der Waals surface area contributed by atoms with Crippen LogP contribution in [-0.4, -0.2) is 39.2 Å². The zero-order valence-electron chi connectivity index (χ0n) is 10.8. The number of rotatable bonds is 2. The van der Waals surface area contributed by atoms with Crippen LogP contribution in [0.1, 0.15) is 32.7 Å². The Labute approximate surface area is 115 Å². The molecule has 0 aliphatic carbocycles. The standard InChI is InChI=1S/C12H19BrN4O/c1-12(2,14)11(18)16-5-3-10(4-6-16)17-8-9(13)7-15-17/h7-8,10H,3-6,14H2,1-2H3. The van der Waals surface area contributed by atoms with Crippen molar-refractivity contribution in [1.29, 1.82) is 0 Å². The minimum absolute atomic E-state index is 0.0302. The molecule has 1 aromatic heterocycles. The van der Waals surface area contributed by atoms with Crippen LogP contribution in [0.3, 0.4) is 0 Å². The summed E-state index contributed by atoms with van der Waals surface area (Å²) in [4.78, 5) is 13.9. The Morgan fingerprint density at radius 1 is 1.50 bits per heavy atom. The molecule has 2 N–H and O–H groups in total. The van der Waals surface area contributed by atoms with Gasteiger partial charge in [-0.3, -0.25) is 9.48 Å². The van der Waals surface area contributed by atoms with Gasteiger partial charge in [-0.15, -0.1) is 0 Å². The first kappa shape index (κ1) is 13.5. The van der Waals surface area contributed by atoms with Gasteiger partial charge in [-0.25, -0.2) is 0 Å². The molecule has 5 nitrogen and oxygen atoms in total. The van der Waals surface area contributed by atoms with Crippen molar-refractivity contribution < 1.29 is 4.79 Å². The Kier molecular flexibility index (Phi) is 3.77. The van der Waals surface area contributed by atoms with Gasteiger partial charge in [0.1, 0.15) is 0 Å². The van der Waals surface area contributed by atoms with Crippen molar-refractivity contribution in [1.82, 2.24) is 14.7 Å². The highest BCUT2D eigenvalue weighted by Gasteiger charge is 2.31. The molecule has 18 heavy (non-hydrogen) atoms. The number of carbonyl (C=O) groups excluding carboxylic acids is 1. The van der Waals surface area contributed by atoms with E-state index >= 15 is 0 Å². The van der Waals surface area contributed by atoms with E-state index in [1.165, 1.54) is 0 Å². The van der Waals surface area contributed by atoms with Crippen molar-refractivity contribution >= 4 is 21.8 Å². The molecule has 0 radical (unpaired) electrons. The fourth-order valence-corrected chi connectivity index (χ4v) is 2.56. The molecule has 1 aromatic rings. The fraction of sp³-hybridized carbons (Fsp3) is 0.667. The Morgan fingerprint density at radius 2 is 2.11 bits per heavy atom. The van der Waals surface area contributed by atoms with E-state index in [1.807, 2.05) is 15.8 Å². The molecular weight excluding hydrogens is 296 g/mol. The summed E-state index contributed by atoms with van der Waals surface area (Å²) in [7, 11) is 0. The molecule has 1 amide bonds. The summed E-state index contributed by atoms with van der Waals surface area (Å²) >= 11 is 3.40. The molecule has 2 heterocycles. The normalized spacial score (nSPS) is 18.1. The second-order valence-electron chi connectivity index (χ2n) is 5.38. The lowest BCUT2D eigenvalue weighted by Gasteiger charge is -2.35. The minimum atomic E-state index is -0.776. The van der Waals surface area contributed by atoms with Crippen molar-refractivity contribution in [2.75, 3.05) is 13.1 Å². The molecular formula is C12H19BrN4O. The first-order valence-corrected chi connectivity index (χ1v) is 6.95. The number of nitrogens with zero attached hydrogens (tertiary/aromatic N) is 3. The molecule has 0 aromatic carbocycles. The highest BCUT2D eigenvalue weighted by molar-refractivity contribution is 9.10. The summed E-state index contributed by atoms with van der Waals surface area (Å²) in [5.41, 5.74) is 5.07. The first-order valence-electron chi connectivity index (χ1n) is 6.16. The minimum Gasteiger partial charge on any atom is -0.341 e. The van der Waals surface area contributed by atoms with E-state index in [-0.39, 0.29) is 5.91 Å². The monoisotopic (exact) mass is 314 g/mol. The predicted molar refractivity (Wildman–Crippen MR) is 73.0 cm³/mol. The lowest BCUT2D eigenvalue weighted by molar-refractivity contribution is -0.137. The van der Waals surface area contributed by atoms with Crippen LogP contribution >= 0.6 is 15.9 Å². The van der Waals surface area contributed by atoms with Gasteiger partial charge in [0.25, 0.3) is 0 Å².